The highest BCUT2D eigenvalue weighted by Crippen LogP contribution is 2.32. The van der Waals surface area contributed by atoms with Gasteiger partial charge in [0, 0.05) is 17.4 Å². The van der Waals surface area contributed by atoms with Gasteiger partial charge in [-0.15, -0.1) is 11.3 Å². The number of benzene rings is 2. The third-order valence-corrected chi connectivity index (χ3v) is 4.96. The Hall–Kier alpha value is -3.72. The molecule has 9 heteroatoms. The lowest BCUT2D eigenvalue weighted by Gasteiger charge is -2.11. The van der Waals surface area contributed by atoms with E-state index in [1.807, 2.05) is 5.38 Å². The molecule has 30 heavy (non-hydrogen) atoms. The molecule has 8 nitrogen and oxygen atoms in total. The van der Waals surface area contributed by atoms with Gasteiger partial charge in [0.2, 0.25) is 5.75 Å². The van der Waals surface area contributed by atoms with Crippen molar-refractivity contribution in [3.8, 4) is 5.75 Å². The second kappa shape index (κ2) is 9.19. The quantitative estimate of drug-likeness (QED) is 0.426. The van der Waals surface area contributed by atoms with Gasteiger partial charge in [-0.3, -0.25) is 19.7 Å². The van der Waals surface area contributed by atoms with Crippen LogP contribution in [0.4, 0.5) is 17.1 Å². The van der Waals surface area contributed by atoms with Gasteiger partial charge in [0.1, 0.15) is 0 Å². The molecule has 0 fully saturated rings. The van der Waals surface area contributed by atoms with Crippen LogP contribution < -0.4 is 15.4 Å². The summed E-state index contributed by atoms with van der Waals surface area (Å²) in [6, 6.07) is 13.3. The number of rotatable bonds is 7. The number of anilines is 2. The molecule has 2 amide bonds. The zero-order chi connectivity index (χ0) is 21.7. The molecule has 154 valence electrons. The van der Waals surface area contributed by atoms with Crippen LogP contribution in [0, 0.1) is 24.0 Å². The fourth-order valence-corrected chi connectivity index (χ4v) is 3.48. The minimum absolute atomic E-state index is 0.0673. The van der Waals surface area contributed by atoms with Crippen molar-refractivity contribution in [1.29, 1.82) is 0 Å². The first kappa shape index (κ1) is 21.0. The molecule has 0 unspecified atom stereocenters. The lowest BCUT2D eigenvalue weighted by Crippen LogP contribution is -2.21. The molecule has 1 aromatic heterocycles. The molecule has 1 heterocycles. The molecule has 0 atom stereocenters. The molecular formula is C21H19N3O5S. The van der Waals surface area contributed by atoms with Crippen LogP contribution in [-0.4, -0.2) is 23.3 Å². The average Bonchev–Trinajstić information content (AvgIpc) is 3.22. The van der Waals surface area contributed by atoms with Crippen LogP contribution in [0.2, 0.25) is 0 Å². The van der Waals surface area contributed by atoms with E-state index >= 15 is 0 Å². The van der Waals surface area contributed by atoms with Gasteiger partial charge in [-0.1, -0.05) is 18.2 Å². The number of nitro groups is 1. The maximum Gasteiger partial charge on any atom is 0.311 e. The first-order chi connectivity index (χ1) is 14.3. The number of nitrogens with zero attached hydrogens (tertiary/aromatic N) is 1. The number of hydrogen-bond donors (Lipinski definition) is 2. The summed E-state index contributed by atoms with van der Waals surface area (Å²) in [4.78, 5) is 35.7. The number of aryl methyl sites for hydroxylation is 2. The molecular weight excluding hydrogens is 406 g/mol. The minimum atomic E-state index is -0.535. The number of carbonyl (C=O) groups excluding carboxylic acids is 2. The van der Waals surface area contributed by atoms with Crippen molar-refractivity contribution in [1.82, 2.24) is 0 Å². The van der Waals surface area contributed by atoms with Gasteiger partial charge in [-0.05, 0) is 54.6 Å². The Morgan fingerprint density at radius 1 is 1.07 bits per heavy atom. The van der Waals surface area contributed by atoms with E-state index in [0.717, 1.165) is 5.56 Å². The third kappa shape index (κ3) is 5.21. The van der Waals surface area contributed by atoms with E-state index in [-0.39, 0.29) is 17.3 Å². The maximum absolute atomic E-state index is 12.3. The molecule has 0 aliphatic carbocycles. The van der Waals surface area contributed by atoms with Crippen molar-refractivity contribution in [2.45, 2.75) is 13.8 Å². The van der Waals surface area contributed by atoms with E-state index in [9.17, 15) is 19.7 Å². The van der Waals surface area contributed by atoms with E-state index in [0.29, 0.717) is 21.8 Å². The fraction of sp³-hybridized carbons (Fsp3) is 0.143. The Bertz CT molecular complexity index is 1100. The van der Waals surface area contributed by atoms with Crippen LogP contribution in [0.15, 0.2) is 53.9 Å². The summed E-state index contributed by atoms with van der Waals surface area (Å²) in [5, 5.41) is 18.5. The SMILES string of the molecule is Cc1cc(C)c(OCC(=O)Nc2cccc(NC(=O)c3cccs3)c2)c([N+](=O)[O-])c1. The predicted octanol–water partition coefficient (Wildman–Crippen LogP) is 4.54. The second-order valence-corrected chi connectivity index (χ2v) is 7.48. The van der Waals surface area contributed by atoms with Crippen LogP contribution in [0.1, 0.15) is 20.8 Å². The zero-order valence-corrected chi connectivity index (χ0v) is 17.1. The van der Waals surface area contributed by atoms with E-state index in [4.69, 9.17) is 4.74 Å². The van der Waals surface area contributed by atoms with Gasteiger partial charge in [-0.2, -0.15) is 0 Å². The van der Waals surface area contributed by atoms with Gasteiger partial charge in [-0.25, -0.2) is 0 Å². The highest BCUT2D eigenvalue weighted by Gasteiger charge is 2.19. The van der Waals surface area contributed by atoms with Gasteiger partial charge < -0.3 is 15.4 Å². The number of ether oxygens (including phenoxy) is 1. The van der Waals surface area contributed by atoms with Crippen molar-refractivity contribution in [2.75, 3.05) is 17.2 Å². The number of amides is 2. The molecule has 0 bridgehead atoms. The predicted molar refractivity (Wildman–Crippen MR) is 115 cm³/mol. The fourth-order valence-electron chi connectivity index (χ4n) is 2.87. The van der Waals surface area contributed by atoms with E-state index in [2.05, 4.69) is 10.6 Å². The standard InChI is InChI=1S/C21H19N3O5S/c1-13-9-14(2)20(17(10-13)24(27)28)29-12-19(25)22-15-5-3-6-16(11-15)23-21(26)18-7-4-8-30-18/h3-11H,12H2,1-2H3,(H,22,25)(H,23,26). The largest absolute Gasteiger partial charge is 0.477 e. The van der Waals surface area contributed by atoms with Gasteiger partial charge in [0.05, 0.1) is 9.80 Å². The highest BCUT2D eigenvalue weighted by atomic mass is 32.1. The summed E-state index contributed by atoms with van der Waals surface area (Å²) in [5.74, 6) is -0.650. The van der Waals surface area contributed by atoms with Crippen LogP contribution >= 0.6 is 11.3 Å². The number of nitrogens with one attached hydrogen (secondary N) is 2. The molecule has 3 aromatic rings. The van der Waals surface area contributed by atoms with Crippen LogP contribution in [-0.2, 0) is 4.79 Å². The van der Waals surface area contributed by atoms with E-state index in [1.165, 1.54) is 17.4 Å². The number of hydrogen-bond acceptors (Lipinski definition) is 6. The second-order valence-electron chi connectivity index (χ2n) is 6.54. The Kier molecular flexibility index (Phi) is 6.43. The molecule has 0 radical (unpaired) electrons. The van der Waals surface area contributed by atoms with Gasteiger partial charge in [0.25, 0.3) is 11.8 Å². The Morgan fingerprint density at radius 2 is 1.80 bits per heavy atom. The molecule has 0 aliphatic rings. The normalized spacial score (nSPS) is 10.3. The average molecular weight is 425 g/mol. The Morgan fingerprint density at radius 3 is 2.47 bits per heavy atom. The van der Waals surface area contributed by atoms with Crippen molar-refractivity contribution < 1.29 is 19.2 Å². The van der Waals surface area contributed by atoms with Gasteiger partial charge in [0.15, 0.2) is 6.61 Å². The van der Waals surface area contributed by atoms with Crippen molar-refractivity contribution >= 4 is 40.2 Å². The molecule has 2 N–H and O–H groups in total. The topological polar surface area (TPSA) is 111 Å². The monoisotopic (exact) mass is 425 g/mol. The lowest BCUT2D eigenvalue weighted by molar-refractivity contribution is -0.385. The number of nitro benzene ring substituents is 1. The Balaban J connectivity index is 1.63. The molecule has 0 aliphatic heterocycles. The number of thiophene rings is 1. The first-order valence-electron chi connectivity index (χ1n) is 8.96. The lowest BCUT2D eigenvalue weighted by atomic mass is 10.1. The van der Waals surface area contributed by atoms with E-state index in [1.54, 1.807) is 56.3 Å². The van der Waals surface area contributed by atoms with Crippen molar-refractivity contribution in [2.24, 2.45) is 0 Å². The third-order valence-electron chi connectivity index (χ3n) is 4.09. The Labute approximate surface area is 176 Å². The molecule has 0 spiro atoms. The summed E-state index contributed by atoms with van der Waals surface area (Å²) in [6.45, 7) is 3.05. The van der Waals surface area contributed by atoms with E-state index < -0.39 is 17.4 Å². The smallest absolute Gasteiger partial charge is 0.311 e. The summed E-state index contributed by atoms with van der Waals surface area (Å²) < 4.78 is 5.44. The molecule has 3 rings (SSSR count). The highest BCUT2D eigenvalue weighted by molar-refractivity contribution is 7.12. The van der Waals surface area contributed by atoms with Crippen molar-refractivity contribution in [3.63, 3.8) is 0 Å². The summed E-state index contributed by atoms with van der Waals surface area (Å²) >= 11 is 1.33. The first-order valence-corrected chi connectivity index (χ1v) is 9.84. The van der Waals surface area contributed by atoms with Gasteiger partial charge >= 0.3 is 5.69 Å². The zero-order valence-electron chi connectivity index (χ0n) is 16.3. The number of carbonyl (C=O) groups is 2. The van der Waals surface area contributed by atoms with Crippen molar-refractivity contribution in [3.05, 3.63) is 80.0 Å². The molecule has 0 saturated carbocycles. The van der Waals surface area contributed by atoms with Crippen LogP contribution in [0.25, 0.3) is 0 Å². The maximum atomic E-state index is 12.3. The van der Waals surface area contributed by atoms with Crippen LogP contribution in [0.3, 0.4) is 0 Å². The molecule has 2 aromatic carbocycles. The minimum Gasteiger partial charge on any atom is -0.477 e. The summed E-state index contributed by atoms with van der Waals surface area (Å²) in [7, 11) is 0. The summed E-state index contributed by atoms with van der Waals surface area (Å²) in [5.41, 5.74) is 2.11. The molecule has 0 saturated heterocycles. The van der Waals surface area contributed by atoms with Crippen LogP contribution in [0.5, 0.6) is 5.75 Å². The summed E-state index contributed by atoms with van der Waals surface area (Å²) in [6.07, 6.45) is 0.